The first kappa shape index (κ1) is 18.5. The molecule has 0 spiro atoms. The van der Waals surface area contributed by atoms with Crippen LogP contribution in [0.25, 0.3) is 5.69 Å². The lowest BCUT2D eigenvalue weighted by atomic mass is 10.2. The first-order chi connectivity index (χ1) is 13.6. The Labute approximate surface area is 167 Å². The summed E-state index contributed by atoms with van der Waals surface area (Å²) in [5.74, 6) is 0.126. The lowest BCUT2D eigenvalue weighted by molar-refractivity contribution is 0.102. The van der Waals surface area contributed by atoms with Crippen molar-refractivity contribution < 1.29 is 9.53 Å². The number of nitrogens with one attached hydrogen (secondary N) is 1. The van der Waals surface area contributed by atoms with Crippen LogP contribution < -0.4 is 10.2 Å². The van der Waals surface area contributed by atoms with Gasteiger partial charge in [0.1, 0.15) is 16.5 Å². The number of halogens is 1. The molecule has 4 rings (SSSR count). The summed E-state index contributed by atoms with van der Waals surface area (Å²) in [6, 6.07) is 13.2. The number of aryl methyl sites for hydroxylation is 1. The monoisotopic (exact) mass is 397 g/mol. The second-order valence-corrected chi connectivity index (χ2v) is 6.81. The summed E-state index contributed by atoms with van der Waals surface area (Å²) in [6.45, 7) is 4.85. The Hall–Kier alpha value is -2.90. The van der Waals surface area contributed by atoms with Gasteiger partial charge in [0.15, 0.2) is 0 Å². The van der Waals surface area contributed by atoms with Crippen molar-refractivity contribution in [2.75, 3.05) is 36.5 Å². The molecule has 0 unspecified atom stereocenters. The van der Waals surface area contributed by atoms with Crippen LogP contribution in [0, 0.1) is 6.92 Å². The van der Waals surface area contributed by atoms with Crippen LogP contribution in [0.3, 0.4) is 0 Å². The summed E-state index contributed by atoms with van der Waals surface area (Å²) >= 11 is 6.45. The highest BCUT2D eigenvalue weighted by Crippen LogP contribution is 2.24. The van der Waals surface area contributed by atoms with Crippen molar-refractivity contribution in [3.63, 3.8) is 0 Å². The minimum Gasteiger partial charge on any atom is -0.378 e. The quantitative estimate of drug-likeness (QED) is 0.731. The first-order valence-corrected chi connectivity index (χ1v) is 9.42. The van der Waals surface area contributed by atoms with E-state index in [2.05, 4.69) is 20.3 Å². The van der Waals surface area contributed by atoms with Gasteiger partial charge in [-0.15, -0.1) is 0 Å². The molecule has 1 N–H and O–H groups in total. The zero-order valence-corrected chi connectivity index (χ0v) is 16.2. The average Bonchev–Trinajstić information content (AvgIpc) is 3.04. The molecule has 8 heteroatoms. The van der Waals surface area contributed by atoms with Crippen LogP contribution >= 0.6 is 11.6 Å². The number of anilines is 2. The average molecular weight is 398 g/mol. The Balaban J connectivity index is 1.52. The molecule has 0 radical (unpaired) electrons. The molecular formula is C20H20ClN5O2. The number of carbonyl (C=O) groups is 1. The molecule has 1 fully saturated rings. The van der Waals surface area contributed by atoms with Crippen LogP contribution in [0.2, 0.25) is 5.15 Å². The molecule has 3 heterocycles. The van der Waals surface area contributed by atoms with E-state index in [0.717, 1.165) is 24.5 Å². The van der Waals surface area contributed by atoms with Gasteiger partial charge in [-0.05, 0) is 31.2 Å². The van der Waals surface area contributed by atoms with Crippen molar-refractivity contribution in [3.05, 3.63) is 65.1 Å². The van der Waals surface area contributed by atoms with Gasteiger partial charge in [-0.1, -0.05) is 29.8 Å². The fourth-order valence-electron chi connectivity index (χ4n) is 3.14. The number of hydrogen-bond acceptors (Lipinski definition) is 5. The maximum absolute atomic E-state index is 12.8. The Morgan fingerprint density at radius 1 is 1.11 bits per heavy atom. The molecule has 1 aromatic carbocycles. The van der Waals surface area contributed by atoms with Gasteiger partial charge >= 0.3 is 0 Å². The number of carbonyl (C=O) groups excluding carboxylic acids is 1. The summed E-state index contributed by atoms with van der Waals surface area (Å²) < 4.78 is 6.92. The molecule has 1 saturated heterocycles. The van der Waals surface area contributed by atoms with Crippen molar-refractivity contribution in [2.45, 2.75) is 6.92 Å². The standard InChI is InChI=1S/C20H20ClN5O2/c1-14-18(19(21)26(24-14)15-5-3-2-4-6-15)20(27)23-17-8-7-16(13-22-17)25-9-11-28-12-10-25/h2-8,13H,9-12H2,1H3,(H,22,23,27). The Kier molecular flexibility index (Phi) is 5.27. The number of hydrogen-bond donors (Lipinski definition) is 1. The zero-order chi connectivity index (χ0) is 19.5. The van der Waals surface area contributed by atoms with Gasteiger partial charge in [0.2, 0.25) is 0 Å². The third-order valence-corrected chi connectivity index (χ3v) is 4.95. The molecule has 144 valence electrons. The van der Waals surface area contributed by atoms with E-state index >= 15 is 0 Å². The van der Waals surface area contributed by atoms with Crippen molar-refractivity contribution in [1.82, 2.24) is 14.8 Å². The third kappa shape index (κ3) is 3.72. The highest BCUT2D eigenvalue weighted by atomic mass is 35.5. The largest absolute Gasteiger partial charge is 0.378 e. The van der Waals surface area contributed by atoms with Crippen LogP contribution in [-0.2, 0) is 4.74 Å². The van der Waals surface area contributed by atoms with E-state index in [-0.39, 0.29) is 11.1 Å². The van der Waals surface area contributed by atoms with E-state index in [0.29, 0.717) is 30.3 Å². The van der Waals surface area contributed by atoms with Gasteiger partial charge in [-0.25, -0.2) is 9.67 Å². The van der Waals surface area contributed by atoms with Gasteiger partial charge in [-0.2, -0.15) is 5.10 Å². The van der Waals surface area contributed by atoms with E-state index in [1.165, 1.54) is 0 Å². The van der Waals surface area contributed by atoms with Crippen LogP contribution in [-0.4, -0.2) is 47.0 Å². The summed E-state index contributed by atoms with van der Waals surface area (Å²) in [6.07, 6.45) is 1.75. The van der Waals surface area contributed by atoms with E-state index in [4.69, 9.17) is 16.3 Å². The molecule has 0 bridgehead atoms. The number of aromatic nitrogens is 3. The fourth-order valence-corrected chi connectivity index (χ4v) is 3.50. The molecule has 1 amide bonds. The number of para-hydroxylation sites is 1. The molecule has 1 aliphatic rings. The topological polar surface area (TPSA) is 72.3 Å². The predicted molar refractivity (Wildman–Crippen MR) is 109 cm³/mol. The molecule has 0 saturated carbocycles. The molecule has 7 nitrogen and oxygen atoms in total. The molecule has 1 aliphatic heterocycles. The normalized spacial score (nSPS) is 14.1. The van der Waals surface area contributed by atoms with Gasteiger partial charge in [0, 0.05) is 13.1 Å². The summed E-state index contributed by atoms with van der Waals surface area (Å²) in [5, 5.41) is 7.48. The SMILES string of the molecule is Cc1nn(-c2ccccc2)c(Cl)c1C(=O)Nc1ccc(N2CCOCC2)cn1. The minimum absolute atomic E-state index is 0.270. The molecule has 0 aliphatic carbocycles. The van der Waals surface area contributed by atoms with Gasteiger partial charge in [0.25, 0.3) is 5.91 Å². The van der Waals surface area contributed by atoms with Gasteiger partial charge in [0.05, 0.1) is 36.5 Å². The molecular weight excluding hydrogens is 378 g/mol. The summed E-state index contributed by atoms with van der Waals surface area (Å²) in [7, 11) is 0. The van der Waals surface area contributed by atoms with Crippen molar-refractivity contribution in [1.29, 1.82) is 0 Å². The number of rotatable bonds is 4. The number of amides is 1. The lowest BCUT2D eigenvalue weighted by Crippen LogP contribution is -2.36. The Morgan fingerprint density at radius 2 is 1.86 bits per heavy atom. The summed E-state index contributed by atoms with van der Waals surface area (Å²) in [4.78, 5) is 19.3. The fraction of sp³-hybridized carbons (Fsp3) is 0.250. The summed E-state index contributed by atoms with van der Waals surface area (Å²) in [5.41, 5.74) is 2.69. The lowest BCUT2D eigenvalue weighted by Gasteiger charge is -2.28. The van der Waals surface area contributed by atoms with Crippen LogP contribution in [0.4, 0.5) is 11.5 Å². The van der Waals surface area contributed by atoms with E-state index in [1.807, 2.05) is 36.4 Å². The van der Waals surface area contributed by atoms with E-state index in [1.54, 1.807) is 23.9 Å². The highest BCUT2D eigenvalue weighted by molar-refractivity contribution is 6.34. The Morgan fingerprint density at radius 3 is 2.54 bits per heavy atom. The van der Waals surface area contributed by atoms with E-state index < -0.39 is 0 Å². The smallest absolute Gasteiger partial charge is 0.261 e. The first-order valence-electron chi connectivity index (χ1n) is 9.04. The number of ether oxygens (including phenoxy) is 1. The molecule has 3 aromatic rings. The third-order valence-electron chi connectivity index (χ3n) is 4.60. The predicted octanol–water partition coefficient (Wildman–Crippen LogP) is 3.32. The number of benzene rings is 1. The van der Waals surface area contributed by atoms with Gasteiger partial charge < -0.3 is 15.0 Å². The van der Waals surface area contributed by atoms with Crippen molar-refractivity contribution >= 4 is 29.0 Å². The second-order valence-electron chi connectivity index (χ2n) is 6.45. The van der Waals surface area contributed by atoms with E-state index in [9.17, 15) is 4.79 Å². The van der Waals surface area contributed by atoms with Crippen LogP contribution in [0.1, 0.15) is 16.1 Å². The zero-order valence-electron chi connectivity index (χ0n) is 15.4. The van der Waals surface area contributed by atoms with Gasteiger partial charge in [-0.3, -0.25) is 4.79 Å². The van der Waals surface area contributed by atoms with Crippen molar-refractivity contribution in [2.24, 2.45) is 0 Å². The minimum atomic E-state index is -0.337. The van der Waals surface area contributed by atoms with Crippen LogP contribution in [0.15, 0.2) is 48.7 Å². The maximum atomic E-state index is 12.8. The second kappa shape index (κ2) is 8.00. The molecule has 2 aromatic heterocycles. The number of pyridine rings is 1. The highest BCUT2D eigenvalue weighted by Gasteiger charge is 2.21. The van der Waals surface area contributed by atoms with Crippen LogP contribution in [0.5, 0.6) is 0 Å². The molecule has 28 heavy (non-hydrogen) atoms. The van der Waals surface area contributed by atoms with Crippen molar-refractivity contribution in [3.8, 4) is 5.69 Å². The number of morpholine rings is 1. The Bertz CT molecular complexity index is 966. The maximum Gasteiger partial charge on any atom is 0.261 e. The number of nitrogens with zero attached hydrogens (tertiary/aromatic N) is 4. The molecule has 0 atom stereocenters.